The van der Waals surface area contributed by atoms with Gasteiger partial charge < -0.3 is 9.97 Å². The van der Waals surface area contributed by atoms with Crippen molar-refractivity contribution in [2.24, 2.45) is 0 Å². The van der Waals surface area contributed by atoms with Crippen LogP contribution in [0.15, 0.2) is 33.2 Å². The second kappa shape index (κ2) is 10.5. The minimum absolute atomic E-state index is 0.387. The molecule has 8 bridgehead atoms. The van der Waals surface area contributed by atoms with Gasteiger partial charge in [0.15, 0.2) is 0 Å². The molecule has 36 heavy (non-hydrogen) atoms. The highest BCUT2D eigenvalue weighted by Crippen LogP contribution is 2.36. The van der Waals surface area contributed by atoms with Crippen molar-refractivity contribution in [1.29, 1.82) is 0 Å². The molecule has 2 aliphatic rings. The molecule has 0 unspecified atom stereocenters. The summed E-state index contributed by atoms with van der Waals surface area (Å²) in [5.74, 6) is 0.821. The molecule has 0 saturated heterocycles. The predicted molar refractivity (Wildman–Crippen MR) is 161 cm³/mol. The van der Waals surface area contributed by atoms with Gasteiger partial charge in [0.2, 0.25) is 0 Å². The minimum atomic E-state index is 0.387. The highest BCUT2D eigenvalue weighted by Gasteiger charge is 2.20. The monoisotopic (exact) mass is 606 g/mol. The number of nitrogens with one attached hydrogen (secondary N) is 2. The van der Waals surface area contributed by atoms with Crippen LogP contribution in [0.5, 0.6) is 0 Å². The normalized spacial score (nSPS) is 12.9. The number of rotatable bonds is 6. The molecule has 0 spiro atoms. The third-order valence-corrected chi connectivity index (χ3v) is 9.16. The molecule has 0 fully saturated rings. The Morgan fingerprint density at radius 1 is 0.556 bits per heavy atom. The zero-order chi connectivity index (χ0) is 25.4. The Labute approximate surface area is 229 Å². The largest absolute Gasteiger partial charge is 0.354 e. The zero-order valence-electron chi connectivity index (χ0n) is 21.3. The van der Waals surface area contributed by atoms with Crippen LogP contribution in [0.2, 0.25) is 0 Å². The van der Waals surface area contributed by atoms with Crippen molar-refractivity contribution in [3.05, 3.63) is 67.1 Å². The fraction of sp³-hybridized carbons (Fsp3) is 0.333. The number of aromatic amines is 2. The molecule has 4 nitrogen and oxygen atoms in total. The molecule has 0 aromatic carbocycles. The van der Waals surface area contributed by atoms with Gasteiger partial charge in [0.1, 0.15) is 0 Å². The fourth-order valence-electron chi connectivity index (χ4n) is 5.43. The van der Waals surface area contributed by atoms with Gasteiger partial charge in [0.05, 0.1) is 42.8 Å². The third-order valence-electron chi connectivity index (χ3n) is 7.49. The second-order valence-electron chi connectivity index (χ2n) is 9.48. The standard InChI is InChI=1S/C30H32Br2N4/c1-5-17(6-2)27-19-9-13-23(33-19)29(31)25-15-11-21(35-25)28(18(7-3)8-4)22-12-16-26(36-22)30(32)24-14-10-20(27)34-24/h9-18,33-34H,5-8H2,1-4H3. The molecule has 0 radical (unpaired) electrons. The van der Waals surface area contributed by atoms with Crippen LogP contribution >= 0.6 is 31.9 Å². The summed E-state index contributed by atoms with van der Waals surface area (Å²) in [7, 11) is 0. The van der Waals surface area contributed by atoms with E-state index in [4.69, 9.17) is 9.97 Å². The Kier molecular flexibility index (Phi) is 7.36. The predicted octanol–water partition coefficient (Wildman–Crippen LogP) is 9.99. The summed E-state index contributed by atoms with van der Waals surface area (Å²) in [5, 5.41) is 0. The highest BCUT2D eigenvalue weighted by atomic mass is 79.9. The van der Waals surface area contributed by atoms with E-state index in [2.05, 4.69) is 118 Å². The zero-order valence-corrected chi connectivity index (χ0v) is 24.4. The van der Waals surface area contributed by atoms with Crippen molar-refractivity contribution in [3.8, 4) is 0 Å². The van der Waals surface area contributed by atoms with E-state index in [9.17, 15) is 0 Å². The molecule has 5 heterocycles. The molecule has 6 heteroatoms. The van der Waals surface area contributed by atoms with Crippen molar-refractivity contribution in [2.45, 2.75) is 65.2 Å². The maximum Gasteiger partial charge on any atom is 0.0800 e. The van der Waals surface area contributed by atoms with Gasteiger partial charge in [-0.3, -0.25) is 0 Å². The lowest BCUT2D eigenvalue weighted by Gasteiger charge is -2.14. The average Bonchev–Trinajstić information content (AvgIpc) is 3.71. The molecule has 5 rings (SSSR count). The average molecular weight is 608 g/mol. The van der Waals surface area contributed by atoms with Crippen LogP contribution in [-0.4, -0.2) is 19.9 Å². The van der Waals surface area contributed by atoms with E-state index in [0.717, 1.165) is 79.5 Å². The van der Waals surface area contributed by atoms with Gasteiger partial charge in [-0.15, -0.1) is 0 Å². The molecule has 2 N–H and O–H groups in total. The maximum absolute atomic E-state index is 5.09. The number of nitrogens with zero attached hydrogens (tertiary/aromatic N) is 2. The smallest absolute Gasteiger partial charge is 0.0800 e. The van der Waals surface area contributed by atoms with Crippen LogP contribution in [0, 0.1) is 0 Å². The lowest BCUT2D eigenvalue weighted by atomic mass is 9.91. The molecule has 3 aromatic heterocycles. The highest BCUT2D eigenvalue weighted by molar-refractivity contribution is 9.11. The Hall–Kier alpha value is -2.44. The summed E-state index contributed by atoms with van der Waals surface area (Å²) < 4.78 is 1.94. The number of fused-ring (bicyclic) bond motifs is 8. The van der Waals surface area contributed by atoms with Gasteiger partial charge in [-0.1, -0.05) is 27.7 Å². The van der Waals surface area contributed by atoms with Gasteiger partial charge in [-0.05, 0) is 118 Å². The van der Waals surface area contributed by atoms with E-state index in [-0.39, 0.29) is 0 Å². The first-order valence-corrected chi connectivity index (χ1v) is 14.5. The summed E-state index contributed by atoms with van der Waals surface area (Å²) in [4.78, 5) is 17.6. The van der Waals surface area contributed by atoms with Crippen molar-refractivity contribution in [3.63, 3.8) is 0 Å². The van der Waals surface area contributed by atoms with Crippen LogP contribution in [0.4, 0.5) is 0 Å². The molecular formula is C30H32Br2N4. The first kappa shape index (κ1) is 25.2. The minimum Gasteiger partial charge on any atom is -0.354 e. The van der Waals surface area contributed by atoms with Crippen molar-refractivity contribution >= 4 is 78.2 Å². The van der Waals surface area contributed by atoms with Gasteiger partial charge in [0.25, 0.3) is 0 Å². The molecule has 0 saturated carbocycles. The fourth-order valence-corrected chi connectivity index (χ4v) is 6.34. The van der Waals surface area contributed by atoms with Gasteiger partial charge in [-0.2, -0.15) is 0 Å². The maximum atomic E-state index is 5.09. The van der Waals surface area contributed by atoms with E-state index >= 15 is 0 Å². The summed E-state index contributed by atoms with van der Waals surface area (Å²) in [5.41, 5.74) is 10.7. The molecule has 0 amide bonds. The second-order valence-corrected chi connectivity index (χ2v) is 11.1. The Balaban J connectivity index is 1.95. The summed E-state index contributed by atoms with van der Waals surface area (Å²) in [6, 6.07) is 8.68. The topological polar surface area (TPSA) is 57.4 Å². The SMILES string of the molecule is CCC(CC)c1c2nc(c(Br)c3ccc([nH]3)c(C(CC)CC)c3ccc([nH]3)c(Br)c3nc1C=C3)C=C2. The van der Waals surface area contributed by atoms with E-state index < -0.39 is 0 Å². The van der Waals surface area contributed by atoms with Gasteiger partial charge in [-0.25, -0.2) is 9.97 Å². The van der Waals surface area contributed by atoms with Gasteiger partial charge in [0, 0.05) is 22.2 Å². The van der Waals surface area contributed by atoms with E-state index in [1.807, 2.05) is 0 Å². The first-order chi connectivity index (χ1) is 17.5. The van der Waals surface area contributed by atoms with E-state index in [1.165, 1.54) is 11.1 Å². The van der Waals surface area contributed by atoms with Crippen LogP contribution < -0.4 is 0 Å². The Morgan fingerprint density at radius 2 is 0.917 bits per heavy atom. The lowest BCUT2D eigenvalue weighted by Crippen LogP contribution is -2.02. The Bertz CT molecular complexity index is 1410. The molecular weight excluding hydrogens is 576 g/mol. The Morgan fingerprint density at radius 3 is 1.33 bits per heavy atom. The van der Waals surface area contributed by atoms with Crippen LogP contribution in [0.1, 0.15) is 99.1 Å². The number of hydrogen-bond donors (Lipinski definition) is 2. The lowest BCUT2D eigenvalue weighted by molar-refractivity contribution is 0.636. The van der Waals surface area contributed by atoms with Crippen LogP contribution in [0.3, 0.4) is 0 Å². The van der Waals surface area contributed by atoms with Crippen LogP contribution in [0.25, 0.3) is 46.4 Å². The summed E-state index contributed by atoms with van der Waals surface area (Å²) in [6.45, 7) is 9.01. The number of aromatic nitrogens is 4. The van der Waals surface area contributed by atoms with Crippen molar-refractivity contribution in [1.82, 2.24) is 19.9 Å². The quantitative estimate of drug-likeness (QED) is 0.202. The number of H-pyrrole nitrogens is 2. The molecule has 2 aliphatic heterocycles. The van der Waals surface area contributed by atoms with E-state index in [0.29, 0.717) is 11.8 Å². The summed E-state index contributed by atoms with van der Waals surface area (Å²) >= 11 is 7.72. The third kappa shape index (κ3) is 4.43. The number of halogens is 2. The molecule has 0 atom stereocenters. The van der Waals surface area contributed by atoms with Crippen LogP contribution in [-0.2, 0) is 0 Å². The van der Waals surface area contributed by atoms with Crippen molar-refractivity contribution in [2.75, 3.05) is 0 Å². The first-order valence-electron chi connectivity index (χ1n) is 13.0. The molecule has 3 aromatic rings. The molecule has 186 valence electrons. The summed E-state index contributed by atoms with van der Waals surface area (Å²) in [6.07, 6.45) is 12.7. The van der Waals surface area contributed by atoms with Gasteiger partial charge >= 0.3 is 0 Å². The number of hydrogen-bond acceptors (Lipinski definition) is 2. The van der Waals surface area contributed by atoms with E-state index in [1.54, 1.807) is 0 Å². The molecule has 0 aliphatic carbocycles. The van der Waals surface area contributed by atoms with Crippen molar-refractivity contribution < 1.29 is 0 Å².